The number of hydrogen-bond acceptors (Lipinski definition) is 5. The van der Waals surface area contributed by atoms with Crippen molar-refractivity contribution in [1.82, 2.24) is 5.32 Å². The summed E-state index contributed by atoms with van der Waals surface area (Å²) in [6.45, 7) is 6.13. The fourth-order valence-corrected chi connectivity index (χ4v) is 3.16. The molecule has 1 aromatic carbocycles. The van der Waals surface area contributed by atoms with Crippen molar-refractivity contribution < 1.29 is 17.7 Å². The van der Waals surface area contributed by atoms with Gasteiger partial charge in [0.2, 0.25) is 0 Å². The van der Waals surface area contributed by atoms with Gasteiger partial charge in [0.25, 0.3) is 0 Å². The molecule has 0 aliphatic heterocycles. The Hall–Kier alpha value is -0.760. The summed E-state index contributed by atoms with van der Waals surface area (Å²) in [4.78, 5) is 0. The lowest BCUT2D eigenvalue weighted by molar-refractivity contribution is 0.304. The van der Waals surface area contributed by atoms with Crippen LogP contribution in [0.3, 0.4) is 0 Å². The Kier molecular flexibility index (Phi) is 8.10. The Labute approximate surface area is 130 Å². The van der Waals surface area contributed by atoms with E-state index < -0.39 is 9.15 Å². The summed E-state index contributed by atoms with van der Waals surface area (Å²) in [6.07, 6.45) is 1.90. The van der Waals surface area contributed by atoms with Crippen molar-refractivity contribution in [2.45, 2.75) is 26.7 Å². The Morgan fingerprint density at radius 1 is 1.24 bits per heavy atom. The molecule has 0 saturated carbocycles. The summed E-state index contributed by atoms with van der Waals surface area (Å²) < 4.78 is 35.2. The first-order valence-electron chi connectivity index (χ1n) is 6.91. The number of aryl methyl sites for hydroxylation is 2. The monoisotopic (exact) mass is 333 g/mol. The second kappa shape index (κ2) is 9.30. The molecule has 0 radical (unpaired) electrons. The molecule has 0 aliphatic rings. The predicted molar refractivity (Wildman–Crippen MR) is 87.5 cm³/mol. The zero-order chi connectivity index (χ0) is 15.7. The first-order valence-corrected chi connectivity index (χ1v) is 9.85. The van der Waals surface area contributed by atoms with E-state index in [0.29, 0.717) is 29.7 Å². The van der Waals surface area contributed by atoms with Crippen LogP contribution in [0.2, 0.25) is 0 Å². The van der Waals surface area contributed by atoms with E-state index in [9.17, 15) is 8.42 Å². The topological polar surface area (TPSA) is 75.6 Å². The number of unbranched alkanes of at least 4 members (excludes halogenated alkanes) is 1. The van der Waals surface area contributed by atoms with Gasteiger partial charge < -0.3 is 10.1 Å². The van der Waals surface area contributed by atoms with Crippen LogP contribution < -0.4 is 10.1 Å². The number of ether oxygens (including phenoxy) is 1. The van der Waals surface area contributed by atoms with Gasteiger partial charge in [-0.1, -0.05) is 17.7 Å². The molecule has 0 amide bonds. The third-order valence-electron chi connectivity index (χ3n) is 2.85. The molecule has 0 bridgehead atoms. The van der Waals surface area contributed by atoms with Gasteiger partial charge in [0.15, 0.2) is 0 Å². The van der Waals surface area contributed by atoms with Gasteiger partial charge in [-0.15, -0.1) is 0 Å². The second-order valence-corrected chi connectivity index (χ2v) is 8.29. The zero-order valence-corrected chi connectivity index (χ0v) is 14.1. The molecule has 0 unspecified atom stereocenters. The average Bonchev–Trinajstić information content (AvgIpc) is 2.37. The predicted octanol–water partition coefficient (Wildman–Crippen LogP) is 2.59. The molecule has 0 aliphatic carbocycles. The maximum Gasteiger partial charge on any atom is 0.319 e. The van der Waals surface area contributed by atoms with E-state index in [0.717, 1.165) is 30.7 Å². The van der Waals surface area contributed by atoms with Crippen LogP contribution in [0.25, 0.3) is 0 Å². The largest absolute Gasteiger partial charge is 0.493 e. The normalized spacial score (nSPS) is 11.6. The molecule has 120 valence electrons. The highest BCUT2D eigenvalue weighted by Crippen LogP contribution is 2.18. The van der Waals surface area contributed by atoms with Crippen LogP contribution in [0, 0.1) is 13.8 Å². The quantitative estimate of drug-likeness (QED) is 0.389. The molecular weight excluding hydrogens is 310 g/mol. The molecule has 2 N–H and O–H groups in total. The van der Waals surface area contributed by atoms with Gasteiger partial charge in [0, 0.05) is 12.3 Å². The second-order valence-electron chi connectivity index (χ2n) is 4.82. The number of benzene rings is 1. The van der Waals surface area contributed by atoms with Crippen molar-refractivity contribution in [2.75, 3.05) is 25.4 Å². The van der Waals surface area contributed by atoms with Crippen LogP contribution >= 0.6 is 10.8 Å². The number of rotatable bonds is 10. The van der Waals surface area contributed by atoms with Crippen LogP contribution in [0.4, 0.5) is 0 Å². The molecule has 0 fully saturated rings. The molecule has 0 atom stereocenters. The molecule has 7 heteroatoms. The van der Waals surface area contributed by atoms with Gasteiger partial charge in [-0.05, 0) is 55.7 Å². The fourth-order valence-electron chi connectivity index (χ4n) is 1.84. The van der Waals surface area contributed by atoms with E-state index in [1.54, 1.807) is 0 Å². The smallest absolute Gasteiger partial charge is 0.319 e. The van der Waals surface area contributed by atoms with Crippen molar-refractivity contribution in [3.63, 3.8) is 0 Å². The lowest BCUT2D eigenvalue weighted by atomic mass is 10.1. The number of hydrogen-bond donors (Lipinski definition) is 2. The summed E-state index contributed by atoms with van der Waals surface area (Å²) in [5.74, 6) is 1.27. The minimum atomic E-state index is -3.91. The van der Waals surface area contributed by atoms with Gasteiger partial charge >= 0.3 is 9.15 Å². The van der Waals surface area contributed by atoms with E-state index in [2.05, 4.69) is 18.3 Å². The van der Waals surface area contributed by atoms with Crippen LogP contribution in [0.5, 0.6) is 5.75 Å². The van der Waals surface area contributed by atoms with Crippen molar-refractivity contribution in [3.05, 3.63) is 29.3 Å². The minimum absolute atomic E-state index is 0.345. The first kappa shape index (κ1) is 18.3. The van der Waals surface area contributed by atoms with Crippen molar-refractivity contribution >= 4 is 19.9 Å². The Bertz CT molecular complexity index is 532. The Morgan fingerprint density at radius 2 is 2.00 bits per heavy atom. The SMILES string of the molecule is Cc1ccc(OCCCCNCCSS(=O)(=O)O)c(C)c1. The highest BCUT2D eigenvalue weighted by Gasteiger charge is 2.03. The summed E-state index contributed by atoms with van der Waals surface area (Å²) >= 11 is 0. The molecule has 21 heavy (non-hydrogen) atoms. The lowest BCUT2D eigenvalue weighted by Gasteiger charge is -2.10. The van der Waals surface area contributed by atoms with Crippen LogP contribution in [0.1, 0.15) is 24.0 Å². The molecule has 1 aromatic rings. The summed E-state index contributed by atoms with van der Waals surface area (Å²) in [5, 5.41) is 3.12. The highest BCUT2D eigenvalue weighted by atomic mass is 33.1. The van der Waals surface area contributed by atoms with Gasteiger partial charge in [0.05, 0.1) is 6.61 Å². The molecule has 0 heterocycles. The van der Waals surface area contributed by atoms with Gasteiger partial charge in [-0.2, -0.15) is 8.42 Å². The third kappa shape index (κ3) is 8.98. The third-order valence-corrected chi connectivity index (χ3v) is 4.91. The summed E-state index contributed by atoms with van der Waals surface area (Å²) in [5.41, 5.74) is 2.38. The molecule has 5 nitrogen and oxygen atoms in total. The Morgan fingerprint density at radius 3 is 2.67 bits per heavy atom. The maximum absolute atomic E-state index is 10.5. The fraction of sp³-hybridized carbons (Fsp3) is 0.571. The highest BCUT2D eigenvalue weighted by molar-refractivity contribution is 8.69. The number of nitrogens with one attached hydrogen (secondary N) is 1. The minimum Gasteiger partial charge on any atom is -0.493 e. The molecule has 1 rings (SSSR count). The lowest BCUT2D eigenvalue weighted by Crippen LogP contribution is -2.19. The molecule has 0 aromatic heterocycles. The molecular formula is C14H23NO4S2. The molecule has 0 spiro atoms. The van der Waals surface area contributed by atoms with Crippen molar-refractivity contribution in [1.29, 1.82) is 0 Å². The first-order chi connectivity index (χ1) is 9.88. The summed E-state index contributed by atoms with van der Waals surface area (Å²) in [6, 6.07) is 6.13. The van der Waals surface area contributed by atoms with Crippen LogP contribution in [-0.2, 0) is 9.15 Å². The summed E-state index contributed by atoms with van der Waals surface area (Å²) in [7, 11) is -3.36. The standard InChI is InChI=1S/C14H23NO4S2/c1-12-5-6-14(13(2)11-12)19-9-4-3-7-15-8-10-20-21(16,17)18/h5-6,11,15H,3-4,7-10H2,1-2H3,(H,16,17,18). The Balaban J connectivity index is 2.02. The zero-order valence-electron chi connectivity index (χ0n) is 12.5. The van der Waals surface area contributed by atoms with Crippen LogP contribution in [-0.4, -0.2) is 38.4 Å². The van der Waals surface area contributed by atoms with E-state index >= 15 is 0 Å². The molecule has 0 saturated heterocycles. The van der Waals surface area contributed by atoms with E-state index in [4.69, 9.17) is 9.29 Å². The van der Waals surface area contributed by atoms with E-state index in [1.807, 2.05) is 19.1 Å². The van der Waals surface area contributed by atoms with Gasteiger partial charge in [-0.3, -0.25) is 4.55 Å². The van der Waals surface area contributed by atoms with E-state index in [-0.39, 0.29) is 0 Å². The van der Waals surface area contributed by atoms with Crippen molar-refractivity contribution in [2.24, 2.45) is 0 Å². The van der Waals surface area contributed by atoms with E-state index in [1.165, 1.54) is 5.56 Å². The van der Waals surface area contributed by atoms with Gasteiger partial charge in [0.1, 0.15) is 5.75 Å². The maximum atomic E-state index is 10.5. The van der Waals surface area contributed by atoms with Gasteiger partial charge in [-0.25, -0.2) is 0 Å². The van der Waals surface area contributed by atoms with Crippen LogP contribution in [0.15, 0.2) is 18.2 Å². The van der Waals surface area contributed by atoms with Crippen molar-refractivity contribution in [3.8, 4) is 5.75 Å². The average molecular weight is 333 g/mol.